The number of fused-ring (bicyclic) bond motifs is 1. The highest BCUT2D eigenvalue weighted by Gasteiger charge is 2.35. The SMILES string of the molecule is CCOC(=O)C1=C(c2ccccc2)N=c2s/c(=C\c3cc(C)n(-c4cccc(C)c4)c3C)c(=O)n2[C@H]1c1ccc(OC(C)C)cc1. The fourth-order valence-corrected chi connectivity index (χ4v) is 6.99. The number of aromatic nitrogens is 2. The molecule has 0 radical (unpaired) electrons. The van der Waals surface area contributed by atoms with Crippen molar-refractivity contribution in [2.24, 2.45) is 4.99 Å². The second-order valence-corrected chi connectivity index (χ2v) is 12.7. The van der Waals surface area contributed by atoms with E-state index in [-0.39, 0.29) is 18.3 Å². The molecule has 3 aromatic carbocycles. The van der Waals surface area contributed by atoms with Crippen molar-refractivity contribution in [3.8, 4) is 11.4 Å². The van der Waals surface area contributed by atoms with Gasteiger partial charge in [0.2, 0.25) is 0 Å². The zero-order valence-corrected chi connectivity index (χ0v) is 27.7. The zero-order valence-electron chi connectivity index (χ0n) is 26.9. The number of rotatable bonds is 8. The number of nitrogens with zero attached hydrogens (tertiary/aromatic N) is 3. The van der Waals surface area contributed by atoms with Crippen LogP contribution in [0, 0.1) is 20.8 Å². The van der Waals surface area contributed by atoms with Crippen LogP contribution < -0.4 is 19.6 Å². The van der Waals surface area contributed by atoms with E-state index in [1.54, 1.807) is 11.5 Å². The standard InChI is InChI=1S/C38H37N3O4S/c1-7-44-37(43)33-34(27-13-9-8-10-14-27)39-38-41(35(33)28-16-18-31(19-17-28)45-23(2)3)36(42)32(46-38)22-29-21-25(5)40(26(29)6)30-15-11-12-24(4)20-30/h8-23,35H,7H2,1-6H3/b32-22-/t35-/m0/s1. The normalized spacial score (nSPS) is 14.8. The molecule has 1 aliphatic heterocycles. The number of hydrogen-bond acceptors (Lipinski definition) is 6. The highest BCUT2D eigenvalue weighted by atomic mass is 32.1. The van der Waals surface area contributed by atoms with Crippen molar-refractivity contribution in [3.05, 3.63) is 144 Å². The number of carbonyl (C=O) groups is 1. The molecule has 5 aromatic rings. The molecule has 0 fully saturated rings. The number of benzene rings is 3. The summed E-state index contributed by atoms with van der Waals surface area (Å²) in [5, 5.41) is 0. The van der Waals surface area contributed by atoms with E-state index in [0.717, 1.165) is 33.8 Å². The topological polar surface area (TPSA) is 74.8 Å². The van der Waals surface area contributed by atoms with Crippen molar-refractivity contribution in [2.45, 2.75) is 53.7 Å². The Morgan fingerprint density at radius 3 is 2.39 bits per heavy atom. The van der Waals surface area contributed by atoms with E-state index in [0.29, 0.717) is 26.4 Å². The van der Waals surface area contributed by atoms with Gasteiger partial charge in [-0.2, -0.15) is 0 Å². The molecular formula is C38H37N3O4S. The Hall–Kier alpha value is -4.95. The third-order valence-corrected chi connectivity index (χ3v) is 8.94. The Bertz CT molecular complexity index is 2130. The average molecular weight is 632 g/mol. The molecule has 0 saturated heterocycles. The van der Waals surface area contributed by atoms with Crippen LogP contribution in [0.3, 0.4) is 0 Å². The Morgan fingerprint density at radius 2 is 1.72 bits per heavy atom. The first-order chi connectivity index (χ1) is 22.2. The molecule has 0 amide bonds. The fraction of sp³-hybridized carbons (Fsp3) is 0.237. The summed E-state index contributed by atoms with van der Waals surface area (Å²) in [5.41, 5.74) is 7.43. The van der Waals surface area contributed by atoms with Gasteiger partial charge < -0.3 is 14.0 Å². The quantitative estimate of drug-likeness (QED) is 0.185. The molecule has 8 heteroatoms. The van der Waals surface area contributed by atoms with E-state index >= 15 is 0 Å². The molecule has 1 atom stereocenters. The van der Waals surface area contributed by atoms with Crippen LogP contribution in [-0.4, -0.2) is 27.8 Å². The van der Waals surface area contributed by atoms with Crippen LogP contribution in [0.25, 0.3) is 17.5 Å². The van der Waals surface area contributed by atoms with Crippen molar-refractivity contribution < 1.29 is 14.3 Å². The number of carbonyl (C=O) groups excluding carboxylic acids is 1. The van der Waals surface area contributed by atoms with E-state index < -0.39 is 12.0 Å². The van der Waals surface area contributed by atoms with Crippen LogP contribution in [0.5, 0.6) is 5.75 Å². The Labute approximate surface area is 272 Å². The third-order valence-electron chi connectivity index (χ3n) is 7.96. The van der Waals surface area contributed by atoms with Crippen LogP contribution in [-0.2, 0) is 9.53 Å². The summed E-state index contributed by atoms with van der Waals surface area (Å²) in [6.45, 7) is 12.1. The van der Waals surface area contributed by atoms with Gasteiger partial charge in [0.1, 0.15) is 5.75 Å². The van der Waals surface area contributed by atoms with Gasteiger partial charge in [0.15, 0.2) is 4.80 Å². The molecule has 0 bridgehead atoms. The Morgan fingerprint density at radius 1 is 0.978 bits per heavy atom. The molecule has 0 unspecified atom stereocenters. The zero-order chi connectivity index (χ0) is 32.5. The smallest absolute Gasteiger partial charge is 0.338 e. The van der Waals surface area contributed by atoms with Gasteiger partial charge in [-0.05, 0) is 94.6 Å². The molecule has 6 rings (SSSR count). The Kier molecular flexibility index (Phi) is 8.65. The lowest BCUT2D eigenvalue weighted by Crippen LogP contribution is -2.40. The minimum absolute atomic E-state index is 0.0102. The maximum absolute atomic E-state index is 14.4. The summed E-state index contributed by atoms with van der Waals surface area (Å²) in [4.78, 5) is 33.6. The van der Waals surface area contributed by atoms with Crippen molar-refractivity contribution in [3.63, 3.8) is 0 Å². The van der Waals surface area contributed by atoms with Gasteiger partial charge in [-0.1, -0.05) is 65.9 Å². The van der Waals surface area contributed by atoms with Crippen molar-refractivity contribution in [2.75, 3.05) is 6.61 Å². The lowest BCUT2D eigenvalue weighted by molar-refractivity contribution is -0.138. The van der Waals surface area contributed by atoms with E-state index in [1.807, 2.05) is 80.6 Å². The van der Waals surface area contributed by atoms with Gasteiger partial charge in [0, 0.05) is 22.6 Å². The lowest BCUT2D eigenvalue weighted by Gasteiger charge is -2.26. The minimum atomic E-state index is -0.750. The van der Waals surface area contributed by atoms with Gasteiger partial charge in [-0.15, -0.1) is 0 Å². The van der Waals surface area contributed by atoms with E-state index in [1.165, 1.54) is 16.9 Å². The molecule has 0 N–H and O–H groups in total. The van der Waals surface area contributed by atoms with Crippen LogP contribution >= 0.6 is 11.3 Å². The third kappa shape index (κ3) is 5.88. The lowest BCUT2D eigenvalue weighted by atomic mass is 9.93. The van der Waals surface area contributed by atoms with Crippen molar-refractivity contribution in [1.29, 1.82) is 0 Å². The number of aryl methyl sites for hydroxylation is 2. The molecule has 7 nitrogen and oxygen atoms in total. The first-order valence-electron chi connectivity index (χ1n) is 15.5. The molecule has 46 heavy (non-hydrogen) atoms. The summed E-state index contributed by atoms with van der Waals surface area (Å²) < 4.78 is 15.9. The van der Waals surface area contributed by atoms with Crippen molar-refractivity contribution in [1.82, 2.24) is 9.13 Å². The first kappa shape index (κ1) is 31.0. The molecule has 0 spiro atoms. The van der Waals surface area contributed by atoms with Crippen LogP contribution in [0.1, 0.15) is 60.5 Å². The second-order valence-electron chi connectivity index (χ2n) is 11.7. The predicted molar refractivity (Wildman–Crippen MR) is 183 cm³/mol. The van der Waals surface area contributed by atoms with Gasteiger partial charge in [0.25, 0.3) is 5.56 Å². The molecule has 0 saturated carbocycles. The highest BCUT2D eigenvalue weighted by molar-refractivity contribution is 7.07. The minimum Gasteiger partial charge on any atom is -0.491 e. The maximum atomic E-state index is 14.4. The maximum Gasteiger partial charge on any atom is 0.338 e. The van der Waals surface area contributed by atoms with Gasteiger partial charge in [-0.25, -0.2) is 9.79 Å². The first-order valence-corrected chi connectivity index (χ1v) is 16.3. The Balaban J connectivity index is 1.58. The highest BCUT2D eigenvalue weighted by Crippen LogP contribution is 2.36. The van der Waals surface area contributed by atoms with E-state index in [2.05, 4.69) is 49.6 Å². The number of esters is 1. The molecular weight excluding hydrogens is 595 g/mol. The van der Waals surface area contributed by atoms with Gasteiger partial charge in [0.05, 0.1) is 34.6 Å². The molecule has 234 valence electrons. The summed E-state index contributed by atoms with van der Waals surface area (Å²) in [5.74, 6) is 0.202. The van der Waals surface area contributed by atoms with E-state index in [4.69, 9.17) is 14.5 Å². The summed E-state index contributed by atoms with van der Waals surface area (Å²) in [6, 6.07) is 26.8. The molecule has 3 heterocycles. The number of thiazole rings is 1. The molecule has 1 aliphatic rings. The van der Waals surface area contributed by atoms with Crippen LogP contribution in [0.15, 0.2) is 100 Å². The second kappa shape index (κ2) is 12.8. The molecule has 2 aromatic heterocycles. The monoisotopic (exact) mass is 631 g/mol. The summed E-state index contributed by atoms with van der Waals surface area (Å²) >= 11 is 1.32. The summed E-state index contributed by atoms with van der Waals surface area (Å²) in [7, 11) is 0. The predicted octanol–water partition coefficient (Wildman–Crippen LogP) is 6.44. The largest absolute Gasteiger partial charge is 0.491 e. The van der Waals surface area contributed by atoms with Crippen molar-refractivity contribution >= 4 is 29.1 Å². The van der Waals surface area contributed by atoms with Gasteiger partial charge in [-0.3, -0.25) is 9.36 Å². The van der Waals surface area contributed by atoms with Gasteiger partial charge >= 0.3 is 5.97 Å². The fourth-order valence-electron chi connectivity index (χ4n) is 6.00. The number of ether oxygens (including phenoxy) is 2. The number of hydrogen-bond donors (Lipinski definition) is 0. The molecule has 0 aliphatic carbocycles. The average Bonchev–Trinajstić information content (AvgIpc) is 3.50. The summed E-state index contributed by atoms with van der Waals surface area (Å²) in [6.07, 6.45) is 1.95. The van der Waals surface area contributed by atoms with Crippen LogP contribution in [0.2, 0.25) is 0 Å². The van der Waals surface area contributed by atoms with Crippen LogP contribution in [0.4, 0.5) is 0 Å². The van der Waals surface area contributed by atoms with E-state index in [9.17, 15) is 9.59 Å².